The molecule has 0 spiro atoms. The van der Waals surface area contributed by atoms with Crippen molar-refractivity contribution in [1.82, 2.24) is 19.9 Å². The lowest BCUT2D eigenvalue weighted by Gasteiger charge is -2.15. The fourth-order valence-corrected chi connectivity index (χ4v) is 3.29. The molecule has 4 rings (SSSR count). The molecule has 0 aliphatic heterocycles. The molecule has 0 bridgehead atoms. The Bertz CT molecular complexity index is 1210. The first-order chi connectivity index (χ1) is 14.6. The first-order valence-corrected chi connectivity index (χ1v) is 9.87. The number of hydrogen-bond donors (Lipinski definition) is 2. The van der Waals surface area contributed by atoms with Gasteiger partial charge in [-0.05, 0) is 48.6 Å². The van der Waals surface area contributed by atoms with Crippen LogP contribution in [0.25, 0.3) is 11.4 Å². The molecule has 152 valence electrons. The molecule has 4 aromatic rings. The third-order valence-electron chi connectivity index (χ3n) is 4.40. The average Bonchev–Trinajstić information content (AvgIpc) is 3.13. The van der Waals surface area contributed by atoms with Crippen LogP contribution in [0.5, 0.6) is 5.75 Å². The average molecular weight is 442 g/mol. The summed E-state index contributed by atoms with van der Waals surface area (Å²) in [5, 5.41) is 7.63. The number of nitrogens with one attached hydrogen (secondary N) is 2. The van der Waals surface area contributed by atoms with E-state index in [-0.39, 0.29) is 12.4 Å². The highest BCUT2D eigenvalue weighted by atomic mass is 35.5. The predicted octanol–water partition coefficient (Wildman–Crippen LogP) is 5.12. The summed E-state index contributed by atoms with van der Waals surface area (Å²) >= 11 is 11.5. The van der Waals surface area contributed by atoms with Crippen LogP contribution in [0, 0.1) is 10.6 Å². The summed E-state index contributed by atoms with van der Waals surface area (Å²) in [6.45, 7) is 0.466. The van der Waals surface area contributed by atoms with Crippen LogP contribution in [0.2, 0.25) is 5.02 Å². The van der Waals surface area contributed by atoms with E-state index in [0.29, 0.717) is 33.5 Å². The summed E-state index contributed by atoms with van der Waals surface area (Å²) < 4.78 is 21.9. The van der Waals surface area contributed by atoms with E-state index in [2.05, 4.69) is 20.6 Å². The zero-order chi connectivity index (χ0) is 20.9. The van der Waals surface area contributed by atoms with E-state index >= 15 is 0 Å². The van der Waals surface area contributed by atoms with Gasteiger partial charge in [0.05, 0.1) is 6.54 Å². The third kappa shape index (κ3) is 4.50. The van der Waals surface area contributed by atoms with Crippen LogP contribution in [0.1, 0.15) is 11.1 Å². The summed E-state index contributed by atoms with van der Waals surface area (Å²) in [5.74, 6) is 0.909. The van der Waals surface area contributed by atoms with E-state index in [1.165, 1.54) is 6.07 Å². The van der Waals surface area contributed by atoms with Gasteiger partial charge in [-0.1, -0.05) is 29.8 Å². The minimum Gasteiger partial charge on any atom is -0.488 e. The van der Waals surface area contributed by atoms with Crippen molar-refractivity contribution in [2.45, 2.75) is 13.2 Å². The van der Waals surface area contributed by atoms with Crippen LogP contribution in [0.3, 0.4) is 0 Å². The smallest absolute Gasteiger partial charge is 0.214 e. The number of ether oxygens (including phenoxy) is 1. The van der Waals surface area contributed by atoms with Gasteiger partial charge in [0.25, 0.3) is 0 Å². The minimum atomic E-state index is -0.308. The number of halogens is 2. The topological polar surface area (TPSA) is 67.8 Å². The van der Waals surface area contributed by atoms with Gasteiger partial charge < -0.3 is 10.2 Å². The number of benzene rings is 2. The standard InChI is InChI=1S/C21H17ClFN5OS/c22-17-5-6-19(29-13-15-3-1-2-4-18(15)23)16(11-17)12-25-28-20(26-27-21(28)30)14-7-9-24-10-8-14/h1-11,25H,12-13H2,(H,27,30). The van der Waals surface area contributed by atoms with Crippen LogP contribution in [0.15, 0.2) is 67.0 Å². The minimum absolute atomic E-state index is 0.106. The van der Waals surface area contributed by atoms with Gasteiger partial charge in [0.1, 0.15) is 18.2 Å². The summed E-state index contributed by atoms with van der Waals surface area (Å²) in [6.07, 6.45) is 3.37. The Kier molecular flexibility index (Phi) is 6.06. The molecule has 0 atom stereocenters. The van der Waals surface area contributed by atoms with E-state index in [0.717, 1.165) is 11.1 Å². The molecule has 2 heterocycles. The molecule has 6 nitrogen and oxygen atoms in total. The first kappa shape index (κ1) is 20.1. The summed E-state index contributed by atoms with van der Waals surface area (Å²) in [7, 11) is 0. The molecule has 2 N–H and O–H groups in total. The van der Waals surface area contributed by atoms with Crippen molar-refractivity contribution < 1.29 is 9.13 Å². The summed E-state index contributed by atoms with van der Waals surface area (Å²) in [6, 6.07) is 15.5. The number of hydrogen-bond acceptors (Lipinski definition) is 5. The van der Waals surface area contributed by atoms with Crippen LogP contribution in [-0.4, -0.2) is 19.9 Å². The fraction of sp³-hybridized carbons (Fsp3) is 0.0952. The zero-order valence-corrected chi connectivity index (χ0v) is 17.3. The van der Waals surface area contributed by atoms with Crippen LogP contribution < -0.4 is 10.2 Å². The second kappa shape index (κ2) is 9.06. The normalized spacial score (nSPS) is 10.7. The number of nitrogens with zero attached hydrogens (tertiary/aromatic N) is 3. The zero-order valence-electron chi connectivity index (χ0n) is 15.7. The van der Waals surface area contributed by atoms with Crippen LogP contribution >= 0.6 is 23.8 Å². The molecule has 0 saturated heterocycles. The first-order valence-electron chi connectivity index (χ1n) is 9.08. The lowest BCUT2D eigenvalue weighted by molar-refractivity contribution is 0.297. The van der Waals surface area contributed by atoms with Crippen LogP contribution in [0.4, 0.5) is 4.39 Å². The van der Waals surface area contributed by atoms with Gasteiger partial charge in [-0.25, -0.2) is 14.2 Å². The van der Waals surface area contributed by atoms with Crippen molar-refractivity contribution in [1.29, 1.82) is 0 Å². The van der Waals surface area contributed by atoms with E-state index in [4.69, 9.17) is 28.6 Å². The van der Waals surface area contributed by atoms with Gasteiger partial charge in [0, 0.05) is 34.1 Å². The molecule has 2 aromatic heterocycles. The van der Waals surface area contributed by atoms with Crippen molar-refractivity contribution in [2.24, 2.45) is 0 Å². The third-order valence-corrected chi connectivity index (χ3v) is 4.91. The number of aromatic nitrogens is 4. The highest BCUT2D eigenvalue weighted by molar-refractivity contribution is 7.71. The Balaban J connectivity index is 1.55. The highest BCUT2D eigenvalue weighted by Crippen LogP contribution is 2.25. The molecule has 2 aromatic carbocycles. The maximum Gasteiger partial charge on any atom is 0.214 e. The van der Waals surface area contributed by atoms with Crippen molar-refractivity contribution in [3.8, 4) is 17.1 Å². The maximum absolute atomic E-state index is 13.9. The second-order valence-corrected chi connectivity index (χ2v) is 7.21. The second-order valence-electron chi connectivity index (χ2n) is 6.39. The molecular weight excluding hydrogens is 425 g/mol. The molecule has 0 fully saturated rings. The Morgan fingerprint density at radius 2 is 1.90 bits per heavy atom. The SMILES string of the molecule is Fc1ccccc1COc1ccc(Cl)cc1CNn1c(-c2ccncc2)n[nH]c1=S. The lowest BCUT2D eigenvalue weighted by Crippen LogP contribution is -2.16. The molecule has 0 saturated carbocycles. The molecule has 0 aliphatic rings. The van der Waals surface area contributed by atoms with Gasteiger partial charge in [-0.15, -0.1) is 0 Å². The number of aromatic amines is 1. The van der Waals surface area contributed by atoms with E-state index in [9.17, 15) is 4.39 Å². The van der Waals surface area contributed by atoms with E-state index < -0.39 is 0 Å². The number of pyridine rings is 1. The lowest BCUT2D eigenvalue weighted by atomic mass is 10.2. The van der Waals surface area contributed by atoms with Gasteiger partial charge in [0.2, 0.25) is 4.77 Å². The summed E-state index contributed by atoms with van der Waals surface area (Å²) in [5.41, 5.74) is 5.36. The van der Waals surface area contributed by atoms with Crippen LogP contribution in [-0.2, 0) is 13.2 Å². The van der Waals surface area contributed by atoms with Gasteiger partial charge in [-0.3, -0.25) is 4.98 Å². The maximum atomic E-state index is 13.9. The molecule has 9 heteroatoms. The van der Waals surface area contributed by atoms with Gasteiger partial charge >= 0.3 is 0 Å². The number of rotatable bonds is 7. The van der Waals surface area contributed by atoms with Gasteiger partial charge in [-0.2, -0.15) is 5.10 Å². The summed E-state index contributed by atoms with van der Waals surface area (Å²) in [4.78, 5) is 4.02. The fourth-order valence-electron chi connectivity index (χ4n) is 2.90. The van der Waals surface area contributed by atoms with Crippen molar-refractivity contribution in [3.63, 3.8) is 0 Å². The molecular formula is C21H17ClFN5OS. The Morgan fingerprint density at radius 3 is 2.70 bits per heavy atom. The van der Waals surface area contributed by atoms with E-state index in [1.54, 1.807) is 53.5 Å². The monoisotopic (exact) mass is 441 g/mol. The van der Waals surface area contributed by atoms with Crippen molar-refractivity contribution in [2.75, 3.05) is 5.43 Å². The highest BCUT2D eigenvalue weighted by Gasteiger charge is 2.11. The largest absolute Gasteiger partial charge is 0.488 e. The molecule has 0 aliphatic carbocycles. The molecule has 0 amide bonds. The number of H-pyrrole nitrogens is 1. The molecule has 0 radical (unpaired) electrons. The van der Waals surface area contributed by atoms with Crippen molar-refractivity contribution in [3.05, 3.63) is 93.7 Å². The Morgan fingerprint density at radius 1 is 1.10 bits per heavy atom. The van der Waals surface area contributed by atoms with Crippen molar-refractivity contribution >= 4 is 23.8 Å². The Labute approximate surface area is 182 Å². The van der Waals surface area contributed by atoms with Gasteiger partial charge in [0.15, 0.2) is 5.82 Å². The molecule has 30 heavy (non-hydrogen) atoms. The predicted molar refractivity (Wildman–Crippen MR) is 116 cm³/mol. The van der Waals surface area contributed by atoms with E-state index in [1.807, 2.05) is 12.1 Å². The quantitative estimate of drug-likeness (QED) is 0.390. The molecule has 0 unspecified atom stereocenters. The Hall–Kier alpha value is -3.23.